The number of rotatable bonds is 4. The molecule has 2 aromatic rings. The predicted octanol–water partition coefficient (Wildman–Crippen LogP) is 6.05. The highest BCUT2D eigenvalue weighted by atomic mass is 35.5. The summed E-state index contributed by atoms with van der Waals surface area (Å²) in [5.74, 6) is -0.000241. The molecular formula is C20H24ClNOS. The molecule has 24 heavy (non-hydrogen) atoms. The zero-order chi connectivity index (χ0) is 17.1. The van der Waals surface area contributed by atoms with Crippen LogP contribution >= 0.6 is 22.9 Å². The summed E-state index contributed by atoms with van der Waals surface area (Å²) in [6.07, 6.45) is 7.68. The molecule has 0 bridgehead atoms. The number of carbonyl (C=O) groups is 1. The number of thiophene rings is 1. The van der Waals surface area contributed by atoms with Crippen LogP contribution in [0.1, 0.15) is 64.3 Å². The highest BCUT2D eigenvalue weighted by Gasteiger charge is 2.19. The lowest BCUT2D eigenvalue weighted by Gasteiger charge is -2.15. The second-order valence-corrected chi connectivity index (χ2v) is 7.88. The molecule has 1 N–H and O–H groups in total. The molecule has 0 saturated carbocycles. The Morgan fingerprint density at radius 1 is 1.17 bits per heavy atom. The van der Waals surface area contributed by atoms with Gasteiger partial charge in [0.15, 0.2) is 0 Å². The first kappa shape index (κ1) is 17.5. The van der Waals surface area contributed by atoms with Crippen LogP contribution in [0, 0.1) is 0 Å². The van der Waals surface area contributed by atoms with Crippen LogP contribution in [0.4, 0.5) is 5.69 Å². The molecule has 0 unspecified atom stereocenters. The summed E-state index contributed by atoms with van der Waals surface area (Å²) in [7, 11) is 0. The zero-order valence-corrected chi connectivity index (χ0v) is 15.9. The number of halogens is 1. The molecule has 1 aliphatic carbocycles. The van der Waals surface area contributed by atoms with Crippen molar-refractivity contribution in [1.29, 1.82) is 0 Å². The number of anilines is 1. The third-order valence-corrected chi connectivity index (χ3v) is 6.38. The van der Waals surface area contributed by atoms with E-state index in [0.29, 0.717) is 0 Å². The smallest absolute Gasteiger partial charge is 0.265 e. The van der Waals surface area contributed by atoms with E-state index in [1.54, 1.807) is 11.3 Å². The molecule has 0 radical (unpaired) electrons. The van der Waals surface area contributed by atoms with Crippen LogP contribution in [0.25, 0.3) is 0 Å². The maximum Gasteiger partial charge on any atom is 0.265 e. The van der Waals surface area contributed by atoms with Crippen LogP contribution in [0.3, 0.4) is 0 Å². The van der Waals surface area contributed by atoms with Crippen LogP contribution in [-0.2, 0) is 25.7 Å². The number of aryl methyl sites for hydroxylation is 3. The molecule has 0 atom stereocenters. The molecule has 4 heteroatoms. The fourth-order valence-electron chi connectivity index (χ4n) is 3.42. The summed E-state index contributed by atoms with van der Waals surface area (Å²) >= 11 is 8.00. The maximum absolute atomic E-state index is 12.8. The Bertz CT molecular complexity index is 727. The van der Waals surface area contributed by atoms with E-state index in [1.807, 2.05) is 12.1 Å². The Balaban J connectivity index is 1.89. The molecule has 1 aromatic heterocycles. The molecule has 2 nitrogen and oxygen atoms in total. The number of benzene rings is 1. The summed E-state index contributed by atoms with van der Waals surface area (Å²) in [5.41, 5.74) is 4.45. The van der Waals surface area contributed by atoms with Crippen molar-refractivity contribution < 1.29 is 4.79 Å². The molecule has 3 rings (SSSR count). The van der Waals surface area contributed by atoms with E-state index in [4.69, 9.17) is 11.6 Å². The molecule has 0 spiro atoms. The van der Waals surface area contributed by atoms with E-state index in [9.17, 15) is 4.79 Å². The van der Waals surface area contributed by atoms with E-state index in [1.165, 1.54) is 29.7 Å². The number of hydrogen-bond donors (Lipinski definition) is 1. The molecule has 0 aliphatic heterocycles. The van der Waals surface area contributed by atoms with Gasteiger partial charge in [-0.25, -0.2) is 0 Å². The minimum Gasteiger partial charge on any atom is -0.321 e. The third-order valence-electron chi connectivity index (χ3n) is 4.79. The van der Waals surface area contributed by atoms with Crippen molar-refractivity contribution in [1.82, 2.24) is 0 Å². The van der Waals surface area contributed by atoms with Crippen molar-refractivity contribution in [2.75, 3.05) is 5.32 Å². The minimum atomic E-state index is -0.000241. The quantitative estimate of drug-likeness (QED) is 0.660. The zero-order valence-electron chi connectivity index (χ0n) is 14.4. The molecular weight excluding hydrogens is 338 g/mol. The minimum absolute atomic E-state index is 0.000241. The molecule has 0 fully saturated rings. The standard InChI is InChI=1S/C20H24ClNOS/c1-3-13-10-11-16(21)15(4-2)19(13)22-20(23)18-12-14-8-6-5-7-9-17(14)24-18/h10-12H,3-9H2,1-2H3,(H,22,23). The number of carbonyl (C=O) groups excluding carboxylic acids is 1. The van der Waals surface area contributed by atoms with Gasteiger partial charge in [0, 0.05) is 15.6 Å². The van der Waals surface area contributed by atoms with Crippen LogP contribution in [0.5, 0.6) is 0 Å². The van der Waals surface area contributed by atoms with Crippen molar-refractivity contribution in [3.05, 3.63) is 49.7 Å². The second-order valence-electron chi connectivity index (χ2n) is 6.34. The highest BCUT2D eigenvalue weighted by molar-refractivity contribution is 7.14. The first-order chi connectivity index (χ1) is 11.6. The van der Waals surface area contributed by atoms with Crippen LogP contribution in [-0.4, -0.2) is 5.91 Å². The van der Waals surface area contributed by atoms with E-state index in [-0.39, 0.29) is 5.91 Å². The lowest BCUT2D eigenvalue weighted by atomic mass is 10.0. The SMILES string of the molecule is CCc1ccc(Cl)c(CC)c1NC(=O)c1cc2c(s1)CCCCC2. The largest absolute Gasteiger partial charge is 0.321 e. The van der Waals surface area contributed by atoms with Crippen molar-refractivity contribution in [2.24, 2.45) is 0 Å². The molecule has 128 valence electrons. The number of nitrogens with one attached hydrogen (secondary N) is 1. The Kier molecular flexibility index (Phi) is 5.62. The number of fused-ring (bicyclic) bond motifs is 1. The summed E-state index contributed by atoms with van der Waals surface area (Å²) in [6.45, 7) is 4.18. The van der Waals surface area contributed by atoms with Crippen molar-refractivity contribution in [3.63, 3.8) is 0 Å². The maximum atomic E-state index is 12.8. The summed E-state index contributed by atoms with van der Waals surface area (Å²) in [4.78, 5) is 15.0. The van der Waals surface area contributed by atoms with E-state index in [2.05, 4.69) is 25.2 Å². The van der Waals surface area contributed by atoms with Crippen LogP contribution in [0.15, 0.2) is 18.2 Å². The molecule has 1 heterocycles. The van der Waals surface area contributed by atoms with Crippen molar-refractivity contribution >= 4 is 34.5 Å². The Morgan fingerprint density at radius 2 is 1.96 bits per heavy atom. The first-order valence-corrected chi connectivity index (χ1v) is 10.1. The highest BCUT2D eigenvalue weighted by Crippen LogP contribution is 2.32. The summed E-state index contributed by atoms with van der Waals surface area (Å²) < 4.78 is 0. The second kappa shape index (κ2) is 7.71. The van der Waals surface area contributed by atoms with E-state index < -0.39 is 0 Å². The fourth-order valence-corrected chi connectivity index (χ4v) is 4.86. The molecule has 1 aliphatic rings. The van der Waals surface area contributed by atoms with Gasteiger partial charge in [-0.05, 0) is 67.3 Å². The fraction of sp³-hybridized carbons (Fsp3) is 0.450. The monoisotopic (exact) mass is 361 g/mol. The average Bonchev–Trinajstić information content (AvgIpc) is 2.86. The predicted molar refractivity (Wildman–Crippen MR) is 104 cm³/mol. The van der Waals surface area contributed by atoms with Crippen LogP contribution < -0.4 is 5.32 Å². The lowest BCUT2D eigenvalue weighted by molar-refractivity contribution is 0.103. The van der Waals surface area contributed by atoms with Gasteiger partial charge in [0.25, 0.3) is 5.91 Å². The topological polar surface area (TPSA) is 29.1 Å². The molecule has 1 amide bonds. The number of amides is 1. The van der Waals surface area contributed by atoms with Gasteiger partial charge in [0.05, 0.1) is 4.88 Å². The van der Waals surface area contributed by atoms with E-state index in [0.717, 1.165) is 52.4 Å². The Morgan fingerprint density at radius 3 is 2.71 bits per heavy atom. The van der Waals surface area contributed by atoms with Gasteiger partial charge < -0.3 is 5.32 Å². The summed E-state index contributed by atoms with van der Waals surface area (Å²) in [6, 6.07) is 6.05. The van der Waals surface area contributed by atoms with Gasteiger partial charge in [-0.15, -0.1) is 11.3 Å². The van der Waals surface area contributed by atoms with Crippen molar-refractivity contribution in [3.8, 4) is 0 Å². The van der Waals surface area contributed by atoms with Gasteiger partial charge in [-0.3, -0.25) is 4.79 Å². The molecule has 0 saturated heterocycles. The summed E-state index contributed by atoms with van der Waals surface area (Å²) in [5, 5.41) is 3.88. The Hall–Kier alpha value is -1.32. The Labute approximate surface area is 153 Å². The lowest BCUT2D eigenvalue weighted by Crippen LogP contribution is -2.14. The van der Waals surface area contributed by atoms with Gasteiger partial charge in [0.1, 0.15) is 0 Å². The van der Waals surface area contributed by atoms with Gasteiger partial charge in [-0.1, -0.05) is 37.9 Å². The third kappa shape index (κ3) is 3.52. The van der Waals surface area contributed by atoms with Gasteiger partial charge in [0.2, 0.25) is 0 Å². The normalized spacial score (nSPS) is 14.1. The van der Waals surface area contributed by atoms with Crippen molar-refractivity contribution in [2.45, 2.75) is 58.8 Å². The first-order valence-electron chi connectivity index (χ1n) is 8.87. The van der Waals surface area contributed by atoms with Gasteiger partial charge in [-0.2, -0.15) is 0 Å². The molecule has 1 aromatic carbocycles. The van der Waals surface area contributed by atoms with E-state index >= 15 is 0 Å². The average molecular weight is 362 g/mol. The van der Waals surface area contributed by atoms with Crippen LogP contribution in [0.2, 0.25) is 5.02 Å². The number of hydrogen-bond acceptors (Lipinski definition) is 2. The van der Waals surface area contributed by atoms with Gasteiger partial charge >= 0.3 is 0 Å².